The fourth-order valence-electron chi connectivity index (χ4n) is 2.78. The predicted molar refractivity (Wildman–Crippen MR) is 93.4 cm³/mol. The molecule has 0 atom stereocenters. The van der Waals surface area contributed by atoms with Gasteiger partial charge in [0, 0.05) is 13.1 Å². The van der Waals surface area contributed by atoms with Gasteiger partial charge in [-0.25, -0.2) is 9.97 Å². The molecule has 6 heteroatoms. The summed E-state index contributed by atoms with van der Waals surface area (Å²) in [7, 11) is 1.62. The van der Waals surface area contributed by atoms with Crippen LogP contribution in [0.1, 0.15) is 24.8 Å². The molecule has 6 nitrogen and oxygen atoms in total. The number of amides is 1. The average molecular weight is 326 g/mol. The number of rotatable bonds is 5. The molecule has 1 saturated heterocycles. The lowest BCUT2D eigenvalue weighted by Gasteiger charge is -2.26. The van der Waals surface area contributed by atoms with Gasteiger partial charge in [0.15, 0.2) is 0 Å². The molecule has 0 radical (unpaired) electrons. The fourth-order valence-corrected chi connectivity index (χ4v) is 2.78. The summed E-state index contributed by atoms with van der Waals surface area (Å²) in [6.07, 6.45) is 7.28. The molecule has 0 spiro atoms. The van der Waals surface area contributed by atoms with E-state index < -0.39 is 0 Å². The molecule has 2 aromatic rings. The molecule has 1 fully saturated rings. The van der Waals surface area contributed by atoms with Crippen molar-refractivity contribution in [3.05, 3.63) is 42.2 Å². The van der Waals surface area contributed by atoms with Gasteiger partial charge >= 0.3 is 0 Å². The van der Waals surface area contributed by atoms with Crippen LogP contribution in [0, 0.1) is 0 Å². The Bertz CT molecular complexity index is 664. The maximum atomic E-state index is 12.1. The summed E-state index contributed by atoms with van der Waals surface area (Å²) in [5, 5.41) is 2.84. The van der Waals surface area contributed by atoms with Gasteiger partial charge in [-0.3, -0.25) is 4.79 Å². The van der Waals surface area contributed by atoms with Crippen molar-refractivity contribution in [1.29, 1.82) is 0 Å². The highest BCUT2D eigenvalue weighted by atomic mass is 16.5. The summed E-state index contributed by atoms with van der Waals surface area (Å²) >= 11 is 0. The van der Waals surface area contributed by atoms with Crippen molar-refractivity contribution in [3.8, 4) is 5.75 Å². The molecular formula is C18H22N4O2. The van der Waals surface area contributed by atoms with Crippen molar-refractivity contribution in [1.82, 2.24) is 9.97 Å². The molecule has 0 saturated carbocycles. The second kappa shape index (κ2) is 7.77. The van der Waals surface area contributed by atoms with Gasteiger partial charge < -0.3 is 15.0 Å². The third kappa shape index (κ3) is 4.22. The van der Waals surface area contributed by atoms with Crippen LogP contribution in [0.2, 0.25) is 0 Å². The largest absolute Gasteiger partial charge is 0.497 e. The molecule has 2 heterocycles. The number of carbonyl (C=O) groups excluding carboxylic acids is 1. The van der Waals surface area contributed by atoms with E-state index in [0.717, 1.165) is 30.4 Å². The van der Waals surface area contributed by atoms with Gasteiger partial charge in [-0.2, -0.15) is 0 Å². The van der Waals surface area contributed by atoms with E-state index in [1.807, 2.05) is 24.3 Å². The van der Waals surface area contributed by atoms with Crippen molar-refractivity contribution in [2.24, 2.45) is 0 Å². The van der Waals surface area contributed by atoms with Gasteiger partial charge in [-0.1, -0.05) is 12.1 Å². The van der Waals surface area contributed by atoms with E-state index in [2.05, 4.69) is 20.2 Å². The highest BCUT2D eigenvalue weighted by Gasteiger charge is 2.13. The lowest BCUT2D eigenvalue weighted by molar-refractivity contribution is -0.115. The zero-order chi connectivity index (χ0) is 16.8. The predicted octanol–water partition coefficient (Wildman–Crippen LogP) is 2.66. The van der Waals surface area contributed by atoms with Crippen LogP contribution >= 0.6 is 0 Å². The van der Waals surface area contributed by atoms with E-state index in [1.165, 1.54) is 19.3 Å². The maximum absolute atomic E-state index is 12.1. The average Bonchev–Trinajstić information content (AvgIpc) is 2.64. The van der Waals surface area contributed by atoms with E-state index in [4.69, 9.17) is 4.74 Å². The quantitative estimate of drug-likeness (QED) is 0.915. The lowest BCUT2D eigenvalue weighted by atomic mass is 10.1. The van der Waals surface area contributed by atoms with Crippen LogP contribution in [0.4, 0.5) is 11.6 Å². The van der Waals surface area contributed by atoms with Crippen LogP contribution < -0.4 is 15.0 Å². The third-order valence-electron chi connectivity index (χ3n) is 4.08. The van der Waals surface area contributed by atoms with Gasteiger partial charge in [0.1, 0.15) is 5.75 Å². The Labute approximate surface area is 141 Å². The Kier molecular flexibility index (Phi) is 5.25. The van der Waals surface area contributed by atoms with Gasteiger partial charge in [-0.05, 0) is 37.0 Å². The smallest absolute Gasteiger partial charge is 0.228 e. The summed E-state index contributed by atoms with van der Waals surface area (Å²) in [5.74, 6) is 1.43. The Hall–Kier alpha value is -2.63. The molecule has 1 aromatic carbocycles. The first kappa shape index (κ1) is 16.2. The van der Waals surface area contributed by atoms with Crippen LogP contribution in [0.5, 0.6) is 5.75 Å². The van der Waals surface area contributed by atoms with E-state index in [1.54, 1.807) is 19.5 Å². The van der Waals surface area contributed by atoms with E-state index in [0.29, 0.717) is 12.1 Å². The van der Waals surface area contributed by atoms with E-state index in [9.17, 15) is 4.79 Å². The summed E-state index contributed by atoms with van der Waals surface area (Å²) in [5.41, 5.74) is 1.55. The van der Waals surface area contributed by atoms with Gasteiger partial charge in [0.25, 0.3) is 0 Å². The number of piperidine rings is 1. The zero-order valence-electron chi connectivity index (χ0n) is 13.9. The van der Waals surface area contributed by atoms with Crippen molar-refractivity contribution in [3.63, 3.8) is 0 Å². The number of nitrogens with one attached hydrogen (secondary N) is 1. The van der Waals surface area contributed by atoms with Crippen LogP contribution in [0.25, 0.3) is 0 Å². The number of benzene rings is 1. The lowest BCUT2D eigenvalue weighted by Crippen LogP contribution is -2.30. The summed E-state index contributed by atoms with van der Waals surface area (Å²) < 4.78 is 5.11. The molecule has 1 amide bonds. The first-order chi connectivity index (χ1) is 11.7. The Morgan fingerprint density at radius 3 is 2.42 bits per heavy atom. The van der Waals surface area contributed by atoms with E-state index in [-0.39, 0.29) is 5.91 Å². The number of carbonyl (C=O) groups is 1. The minimum absolute atomic E-state index is 0.0884. The molecule has 1 aromatic heterocycles. The zero-order valence-corrected chi connectivity index (χ0v) is 13.9. The maximum Gasteiger partial charge on any atom is 0.228 e. The van der Waals surface area contributed by atoms with E-state index >= 15 is 0 Å². The molecule has 0 unspecified atom stereocenters. The summed E-state index contributed by atoms with van der Waals surface area (Å²) in [4.78, 5) is 23.0. The summed E-state index contributed by atoms with van der Waals surface area (Å²) in [6, 6.07) is 7.46. The minimum atomic E-state index is -0.0884. The first-order valence-electron chi connectivity index (χ1n) is 8.24. The molecule has 1 aliphatic rings. The topological polar surface area (TPSA) is 67.3 Å². The molecule has 24 heavy (non-hydrogen) atoms. The van der Waals surface area contributed by atoms with Crippen molar-refractivity contribution < 1.29 is 9.53 Å². The van der Waals surface area contributed by atoms with Crippen molar-refractivity contribution in [2.45, 2.75) is 25.7 Å². The Morgan fingerprint density at radius 1 is 1.12 bits per heavy atom. The number of nitrogens with zero attached hydrogens (tertiary/aromatic N) is 3. The number of aromatic nitrogens is 2. The number of hydrogen-bond acceptors (Lipinski definition) is 5. The minimum Gasteiger partial charge on any atom is -0.497 e. The fraction of sp³-hybridized carbons (Fsp3) is 0.389. The van der Waals surface area contributed by atoms with Crippen LogP contribution in [-0.2, 0) is 11.2 Å². The number of hydrogen-bond donors (Lipinski definition) is 1. The number of methoxy groups -OCH3 is 1. The number of anilines is 2. The van der Waals surface area contributed by atoms with Crippen LogP contribution in [0.3, 0.4) is 0 Å². The molecule has 3 rings (SSSR count). The third-order valence-corrected chi connectivity index (χ3v) is 4.08. The van der Waals surface area contributed by atoms with Gasteiger partial charge in [-0.15, -0.1) is 0 Å². The van der Waals surface area contributed by atoms with Crippen molar-refractivity contribution >= 4 is 17.5 Å². The highest BCUT2D eigenvalue weighted by Crippen LogP contribution is 2.16. The number of ether oxygens (including phenoxy) is 1. The normalized spacial score (nSPS) is 14.3. The first-order valence-corrected chi connectivity index (χ1v) is 8.24. The van der Waals surface area contributed by atoms with Crippen LogP contribution in [0.15, 0.2) is 36.7 Å². The Morgan fingerprint density at radius 2 is 1.79 bits per heavy atom. The van der Waals surface area contributed by atoms with Crippen LogP contribution in [-0.4, -0.2) is 36.1 Å². The monoisotopic (exact) mass is 326 g/mol. The molecular weight excluding hydrogens is 304 g/mol. The molecule has 0 aliphatic carbocycles. The molecule has 1 aliphatic heterocycles. The SMILES string of the molecule is COc1ccc(CC(=O)Nc2cnc(N3CCCCC3)nc2)cc1. The summed E-state index contributed by atoms with van der Waals surface area (Å²) in [6.45, 7) is 2.01. The second-order valence-electron chi connectivity index (χ2n) is 5.89. The Balaban J connectivity index is 1.55. The molecule has 1 N–H and O–H groups in total. The van der Waals surface area contributed by atoms with Gasteiger partial charge in [0.05, 0.1) is 31.6 Å². The standard InChI is InChI=1S/C18H22N4O2/c1-24-16-7-5-14(6-8-16)11-17(23)21-15-12-19-18(20-13-15)22-9-3-2-4-10-22/h5-8,12-13H,2-4,9-11H2,1H3,(H,21,23). The molecule has 0 bridgehead atoms. The molecule has 126 valence electrons. The highest BCUT2D eigenvalue weighted by molar-refractivity contribution is 5.92. The van der Waals surface area contributed by atoms with Crippen molar-refractivity contribution in [2.75, 3.05) is 30.4 Å². The van der Waals surface area contributed by atoms with Gasteiger partial charge in [0.2, 0.25) is 11.9 Å². The second-order valence-corrected chi connectivity index (χ2v) is 5.89.